The molecule has 76 valence electrons. The Morgan fingerprint density at radius 1 is 1.71 bits per heavy atom. The lowest BCUT2D eigenvalue weighted by molar-refractivity contribution is 0.0848. The molecule has 1 aliphatic rings. The number of aromatic nitrogens is 2. The van der Waals surface area contributed by atoms with Crippen LogP contribution in [0.25, 0.3) is 0 Å². The minimum Gasteiger partial charge on any atom is -0.344 e. The van der Waals surface area contributed by atoms with Gasteiger partial charge >= 0.3 is 0 Å². The quantitative estimate of drug-likeness (QED) is 0.801. The van der Waals surface area contributed by atoms with Crippen molar-refractivity contribution in [2.45, 2.75) is 24.8 Å². The van der Waals surface area contributed by atoms with Crippen molar-refractivity contribution in [1.29, 1.82) is 0 Å². The molecule has 0 unspecified atom stereocenters. The average molecular weight is 232 g/mol. The number of rotatable bonds is 3. The van der Waals surface area contributed by atoms with E-state index in [4.69, 9.17) is 11.6 Å². The molecule has 0 atom stereocenters. The van der Waals surface area contributed by atoms with E-state index in [9.17, 15) is 4.79 Å². The Kier molecular flexibility index (Phi) is 2.69. The Balaban J connectivity index is 2.01. The SMILES string of the molecule is O=C(NC1(CCl)CCC1)c1csnn1. The number of amides is 1. The van der Waals surface area contributed by atoms with Gasteiger partial charge in [-0.2, -0.15) is 0 Å². The zero-order chi connectivity index (χ0) is 10.0. The Hall–Kier alpha value is -0.680. The fourth-order valence-corrected chi connectivity index (χ4v) is 2.23. The fourth-order valence-electron chi connectivity index (χ4n) is 1.46. The highest BCUT2D eigenvalue weighted by Crippen LogP contribution is 2.33. The third-order valence-corrected chi connectivity index (χ3v) is 3.55. The summed E-state index contributed by atoms with van der Waals surface area (Å²) >= 11 is 6.99. The van der Waals surface area contributed by atoms with E-state index in [0.29, 0.717) is 11.6 Å². The maximum Gasteiger partial charge on any atom is 0.273 e. The van der Waals surface area contributed by atoms with Crippen LogP contribution >= 0.6 is 23.1 Å². The Bertz CT molecular complexity index is 318. The minimum absolute atomic E-state index is 0.167. The van der Waals surface area contributed by atoms with Crippen LogP contribution in [0.1, 0.15) is 29.8 Å². The van der Waals surface area contributed by atoms with E-state index < -0.39 is 0 Å². The van der Waals surface area contributed by atoms with Gasteiger partial charge in [0.15, 0.2) is 5.69 Å². The lowest BCUT2D eigenvalue weighted by Crippen LogP contribution is -2.55. The molecule has 1 heterocycles. The molecule has 1 N–H and O–H groups in total. The molecule has 0 spiro atoms. The van der Waals surface area contributed by atoms with Crippen LogP contribution in [-0.4, -0.2) is 26.9 Å². The monoisotopic (exact) mass is 231 g/mol. The Labute approximate surface area is 90.8 Å². The molecule has 4 nitrogen and oxygen atoms in total. The smallest absolute Gasteiger partial charge is 0.273 e. The van der Waals surface area contributed by atoms with Gasteiger partial charge in [0.25, 0.3) is 5.91 Å². The molecule has 1 saturated carbocycles. The highest BCUT2D eigenvalue weighted by molar-refractivity contribution is 7.03. The van der Waals surface area contributed by atoms with Gasteiger partial charge in [0.05, 0.1) is 5.54 Å². The van der Waals surface area contributed by atoms with Crippen molar-refractivity contribution < 1.29 is 4.79 Å². The Morgan fingerprint density at radius 2 is 2.50 bits per heavy atom. The molecule has 1 aromatic rings. The summed E-state index contributed by atoms with van der Waals surface area (Å²) in [6.07, 6.45) is 3.04. The number of halogens is 1. The van der Waals surface area contributed by atoms with Crippen molar-refractivity contribution in [1.82, 2.24) is 14.9 Å². The molecule has 0 saturated heterocycles. The van der Waals surface area contributed by atoms with Crippen LogP contribution in [0, 0.1) is 0 Å². The molecular weight excluding hydrogens is 222 g/mol. The third-order valence-electron chi connectivity index (χ3n) is 2.54. The third kappa shape index (κ3) is 1.74. The summed E-state index contributed by atoms with van der Waals surface area (Å²) in [5, 5.41) is 8.26. The van der Waals surface area contributed by atoms with Gasteiger partial charge in [-0.1, -0.05) is 4.49 Å². The zero-order valence-corrected chi connectivity index (χ0v) is 9.07. The van der Waals surface area contributed by atoms with Crippen molar-refractivity contribution in [2.75, 3.05) is 5.88 Å². The van der Waals surface area contributed by atoms with Gasteiger partial charge in [0, 0.05) is 11.3 Å². The number of hydrogen-bond acceptors (Lipinski definition) is 4. The van der Waals surface area contributed by atoms with Gasteiger partial charge in [0.2, 0.25) is 0 Å². The predicted octanol–water partition coefficient (Wildman–Crippen LogP) is 1.43. The van der Waals surface area contributed by atoms with Crippen molar-refractivity contribution in [3.05, 3.63) is 11.1 Å². The summed E-state index contributed by atoms with van der Waals surface area (Å²) in [5.41, 5.74) is 0.189. The first kappa shape index (κ1) is 9.86. The van der Waals surface area contributed by atoms with Crippen LogP contribution in [0.15, 0.2) is 5.38 Å². The molecular formula is C8H10ClN3OS. The van der Waals surface area contributed by atoms with Crippen LogP contribution < -0.4 is 5.32 Å². The molecule has 0 radical (unpaired) electrons. The standard InChI is InChI=1S/C8H10ClN3OS/c9-5-8(2-1-3-8)10-7(13)6-4-14-12-11-6/h4H,1-3,5H2,(H,10,13). The second-order valence-corrected chi connectivity index (χ2v) is 4.39. The van der Waals surface area contributed by atoms with Crippen LogP contribution in [-0.2, 0) is 0 Å². The van der Waals surface area contributed by atoms with Crippen LogP contribution in [0.5, 0.6) is 0 Å². The summed E-state index contributed by atoms with van der Waals surface area (Å²) in [5.74, 6) is 0.301. The molecule has 14 heavy (non-hydrogen) atoms. The fraction of sp³-hybridized carbons (Fsp3) is 0.625. The van der Waals surface area contributed by atoms with Crippen LogP contribution in [0.4, 0.5) is 0 Å². The number of alkyl halides is 1. The van der Waals surface area contributed by atoms with E-state index in [1.165, 1.54) is 11.5 Å². The molecule has 1 aromatic heterocycles. The maximum absolute atomic E-state index is 11.6. The molecule has 1 fully saturated rings. The summed E-state index contributed by atoms with van der Waals surface area (Å²) in [7, 11) is 0. The number of carbonyl (C=O) groups is 1. The van der Waals surface area contributed by atoms with Gasteiger partial charge in [-0.25, -0.2) is 0 Å². The van der Waals surface area contributed by atoms with Crippen molar-refractivity contribution in [2.24, 2.45) is 0 Å². The number of hydrogen-bond donors (Lipinski definition) is 1. The highest BCUT2D eigenvalue weighted by Gasteiger charge is 2.37. The number of nitrogens with one attached hydrogen (secondary N) is 1. The van der Waals surface area contributed by atoms with Crippen LogP contribution in [0.3, 0.4) is 0 Å². The highest BCUT2D eigenvalue weighted by atomic mass is 35.5. The summed E-state index contributed by atoms with van der Waals surface area (Å²) in [6.45, 7) is 0. The lowest BCUT2D eigenvalue weighted by Gasteiger charge is -2.40. The topological polar surface area (TPSA) is 54.9 Å². The van der Waals surface area contributed by atoms with Gasteiger partial charge in [-0.15, -0.1) is 16.7 Å². The largest absolute Gasteiger partial charge is 0.344 e. The van der Waals surface area contributed by atoms with E-state index in [1.807, 2.05) is 0 Å². The van der Waals surface area contributed by atoms with Crippen molar-refractivity contribution in [3.63, 3.8) is 0 Å². The number of nitrogens with zero attached hydrogens (tertiary/aromatic N) is 2. The summed E-state index contributed by atoms with van der Waals surface area (Å²) in [4.78, 5) is 11.6. The first-order valence-corrected chi connectivity index (χ1v) is 5.78. The Morgan fingerprint density at radius 3 is 2.93 bits per heavy atom. The molecule has 0 aromatic carbocycles. The van der Waals surface area contributed by atoms with E-state index in [-0.39, 0.29) is 11.4 Å². The first-order valence-electron chi connectivity index (χ1n) is 4.41. The normalized spacial score (nSPS) is 18.6. The molecule has 1 amide bonds. The second kappa shape index (κ2) is 3.82. The average Bonchev–Trinajstić information content (AvgIpc) is 2.63. The van der Waals surface area contributed by atoms with E-state index in [0.717, 1.165) is 19.3 Å². The predicted molar refractivity (Wildman–Crippen MR) is 54.7 cm³/mol. The summed E-state index contributed by atoms with van der Waals surface area (Å²) in [6, 6.07) is 0. The van der Waals surface area contributed by atoms with Gasteiger partial charge in [-0.3, -0.25) is 4.79 Å². The van der Waals surface area contributed by atoms with Crippen LogP contribution in [0.2, 0.25) is 0 Å². The molecule has 2 rings (SSSR count). The lowest BCUT2D eigenvalue weighted by atomic mass is 9.78. The van der Waals surface area contributed by atoms with Crippen molar-refractivity contribution >= 4 is 29.0 Å². The molecule has 0 aliphatic heterocycles. The first-order chi connectivity index (χ1) is 6.76. The number of carbonyl (C=O) groups excluding carboxylic acids is 1. The van der Waals surface area contributed by atoms with Crippen molar-refractivity contribution in [3.8, 4) is 0 Å². The van der Waals surface area contributed by atoms with E-state index in [1.54, 1.807) is 5.38 Å². The molecule has 0 bridgehead atoms. The van der Waals surface area contributed by atoms with Gasteiger partial charge in [-0.05, 0) is 30.8 Å². The summed E-state index contributed by atoms with van der Waals surface area (Å²) < 4.78 is 3.64. The minimum atomic E-state index is -0.192. The van der Waals surface area contributed by atoms with E-state index >= 15 is 0 Å². The second-order valence-electron chi connectivity index (χ2n) is 3.51. The molecule has 6 heteroatoms. The van der Waals surface area contributed by atoms with Gasteiger partial charge < -0.3 is 5.32 Å². The molecule has 1 aliphatic carbocycles. The maximum atomic E-state index is 11.6. The van der Waals surface area contributed by atoms with E-state index in [2.05, 4.69) is 14.9 Å². The zero-order valence-electron chi connectivity index (χ0n) is 7.49. The van der Waals surface area contributed by atoms with Gasteiger partial charge in [0.1, 0.15) is 0 Å².